The molecule has 0 saturated carbocycles. The van der Waals surface area contributed by atoms with Crippen molar-refractivity contribution in [3.8, 4) is 11.6 Å². The summed E-state index contributed by atoms with van der Waals surface area (Å²) in [5, 5.41) is 8.99. The highest BCUT2D eigenvalue weighted by molar-refractivity contribution is 9.10. The lowest BCUT2D eigenvalue weighted by atomic mass is 10.2. The van der Waals surface area contributed by atoms with Crippen LogP contribution in [-0.2, 0) is 0 Å². The minimum absolute atomic E-state index is 0.00690. The topological polar surface area (TPSA) is 92.3 Å². The van der Waals surface area contributed by atoms with Crippen molar-refractivity contribution in [2.24, 2.45) is 0 Å². The van der Waals surface area contributed by atoms with Gasteiger partial charge in [0.25, 0.3) is 5.56 Å². The first-order chi connectivity index (χ1) is 8.59. The minimum atomic E-state index is -1.12. The van der Waals surface area contributed by atoms with Gasteiger partial charge in [-0.15, -0.1) is 0 Å². The molecule has 7 heteroatoms. The maximum atomic E-state index is 11.3. The van der Waals surface area contributed by atoms with E-state index in [4.69, 9.17) is 9.84 Å². The molecule has 2 aromatic rings. The first kappa shape index (κ1) is 12.3. The third-order valence-corrected chi connectivity index (χ3v) is 2.79. The molecule has 6 nitrogen and oxygen atoms in total. The fraction of sp³-hybridized carbons (Fsp3) is 0. The van der Waals surface area contributed by atoms with Crippen LogP contribution in [0.2, 0.25) is 0 Å². The van der Waals surface area contributed by atoms with Gasteiger partial charge in [-0.1, -0.05) is 12.1 Å². The highest BCUT2D eigenvalue weighted by Crippen LogP contribution is 2.26. The van der Waals surface area contributed by atoms with Crippen LogP contribution >= 0.6 is 15.9 Å². The summed E-state index contributed by atoms with van der Waals surface area (Å²) in [6.07, 6.45) is 1.17. The van der Waals surface area contributed by atoms with E-state index >= 15 is 0 Å². The summed E-state index contributed by atoms with van der Waals surface area (Å²) in [4.78, 5) is 28.5. The molecule has 0 saturated heterocycles. The quantitative estimate of drug-likeness (QED) is 0.904. The molecule has 0 aliphatic rings. The van der Waals surface area contributed by atoms with E-state index in [1.54, 1.807) is 12.1 Å². The van der Waals surface area contributed by atoms with Crippen LogP contribution in [0.5, 0.6) is 11.6 Å². The van der Waals surface area contributed by atoms with Gasteiger partial charge in [0.15, 0.2) is 0 Å². The lowest BCUT2D eigenvalue weighted by Crippen LogP contribution is -2.09. The van der Waals surface area contributed by atoms with Gasteiger partial charge in [-0.25, -0.2) is 9.78 Å². The van der Waals surface area contributed by atoms with Gasteiger partial charge < -0.3 is 14.8 Å². The van der Waals surface area contributed by atoms with Crippen LogP contribution in [0.3, 0.4) is 0 Å². The van der Waals surface area contributed by atoms with Crippen LogP contribution in [0.25, 0.3) is 0 Å². The van der Waals surface area contributed by atoms with Crippen LogP contribution < -0.4 is 10.3 Å². The number of hydrogen-bond acceptors (Lipinski definition) is 4. The van der Waals surface area contributed by atoms with E-state index in [1.807, 2.05) is 0 Å². The number of ether oxygens (including phenoxy) is 1. The van der Waals surface area contributed by atoms with Crippen molar-refractivity contribution in [2.45, 2.75) is 0 Å². The zero-order chi connectivity index (χ0) is 13.1. The molecule has 92 valence electrons. The third-order valence-electron chi connectivity index (χ3n) is 2.09. The van der Waals surface area contributed by atoms with E-state index in [0.29, 0.717) is 0 Å². The number of benzene rings is 1. The molecular formula is C11H7BrN2O4. The number of aromatic nitrogens is 2. The van der Waals surface area contributed by atoms with Gasteiger partial charge in [-0.3, -0.25) is 4.79 Å². The molecule has 0 radical (unpaired) electrons. The zero-order valence-corrected chi connectivity index (χ0v) is 10.5. The smallest absolute Gasteiger partial charge is 0.339 e. The maximum Gasteiger partial charge on any atom is 0.339 e. The summed E-state index contributed by atoms with van der Waals surface area (Å²) in [6.45, 7) is 0. The van der Waals surface area contributed by atoms with Gasteiger partial charge in [0.2, 0.25) is 5.88 Å². The molecule has 2 rings (SSSR count). The van der Waals surface area contributed by atoms with Gasteiger partial charge in [0, 0.05) is 0 Å². The third kappa shape index (κ3) is 2.40. The van der Waals surface area contributed by atoms with E-state index in [9.17, 15) is 9.59 Å². The molecule has 0 aliphatic carbocycles. The number of carbonyl (C=O) groups is 1. The van der Waals surface area contributed by atoms with Gasteiger partial charge in [0.1, 0.15) is 15.8 Å². The molecule has 1 aromatic heterocycles. The Morgan fingerprint density at radius 3 is 2.83 bits per heavy atom. The van der Waals surface area contributed by atoms with Crippen LogP contribution in [0.1, 0.15) is 10.4 Å². The predicted molar refractivity (Wildman–Crippen MR) is 66.0 cm³/mol. The second-order valence-corrected chi connectivity index (χ2v) is 4.05. The summed E-state index contributed by atoms with van der Waals surface area (Å²) in [6, 6.07) is 6.09. The SMILES string of the molecule is O=C(O)c1ccccc1Oc1nc[nH]c(=O)c1Br. The Labute approximate surface area is 109 Å². The van der Waals surface area contributed by atoms with Crippen LogP contribution in [0.4, 0.5) is 0 Å². The van der Waals surface area contributed by atoms with E-state index < -0.39 is 11.5 Å². The molecule has 0 aliphatic heterocycles. The van der Waals surface area contributed by atoms with Gasteiger partial charge in [0.05, 0.1) is 6.33 Å². The lowest BCUT2D eigenvalue weighted by molar-refractivity contribution is 0.0694. The second-order valence-electron chi connectivity index (χ2n) is 3.25. The number of aromatic carboxylic acids is 1. The maximum absolute atomic E-state index is 11.3. The molecule has 2 N–H and O–H groups in total. The van der Waals surface area contributed by atoms with Crippen molar-refractivity contribution >= 4 is 21.9 Å². The fourth-order valence-corrected chi connectivity index (χ4v) is 1.57. The number of H-pyrrole nitrogens is 1. The summed E-state index contributed by atoms with van der Waals surface area (Å²) in [5.74, 6) is -0.997. The average Bonchev–Trinajstić information content (AvgIpc) is 2.35. The summed E-state index contributed by atoms with van der Waals surface area (Å²) < 4.78 is 5.43. The van der Waals surface area contributed by atoms with Gasteiger partial charge in [-0.05, 0) is 28.1 Å². The van der Waals surface area contributed by atoms with Crippen molar-refractivity contribution in [3.63, 3.8) is 0 Å². The molecule has 0 spiro atoms. The van der Waals surface area contributed by atoms with E-state index in [-0.39, 0.29) is 21.7 Å². The van der Waals surface area contributed by atoms with E-state index in [0.717, 1.165) is 0 Å². The van der Waals surface area contributed by atoms with Gasteiger partial charge >= 0.3 is 5.97 Å². The van der Waals surface area contributed by atoms with Crippen molar-refractivity contribution in [3.05, 3.63) is 51.0 Å². The summed E-state index contributed by atoms with van der Waals surface area (Å²) in [5.41, 5.74) is -0.417. The van der Waals surface area contributed by atoms with Crippen LogP contribution in [0.15, 0.2) is 39.9 Å². The number of aromatic amines is 1. The molecule has 1 aromatic carbocycles. The van der Waals surface area contributed by atoms with Crippen molar-refractivity contribution in [1.82, 2.24) is 9.97 Å². The highest BCUT2D eigenvalue weighted by Gasteiger charge is 2.14. The number of nitrogens with zero attached hydrogens (tertiary/aromatic N) is 1. The number of para-hydroxylation sites is 1. The Kier molecular flexibility index (Phi) is 3.42. The largest absolute Gasteiger partial charge is 0.478 e. The predicted octanol–water partition coefficient (Wildman–Crippen LogP) is 2.02. The Morgan fingerprint density at radius 1 is 1.39 bits per heavy atom. The molecule has 0 fully saturated rings. The Morgan fingerprint density at radius 2 is 2.11 bits per heavy atom. The zero-order valence-electron chi connectivity index (χ0n) is 8.88. The van der Waals surface area contributed by atoms with E-state index in [1.165, 1.54) is 18.5 Å². The molecule has 0 amide bonds. The number of nitrogens with one attached hydrogen (secondary N) is 1. The fourth-order valence-electron chi connectivity index (χ4n) is 1.27. The van der Waals surface area contributed by atoms with Crippen molar-refractivity contribution < 1.29 is 14.6 Å². The van der Waals surface area contributed by atoms with Gasteiger partial charge in [-0.2, -0.15) is 0 Å². The highest BCUT2D eigenvalue weighted by atomic mass is 79.9. The molecule has 0 unspecified atom stereocenters. The van der Waals surface area contributed by atoms with Crippen molar-refractivity contribution in [2.75, 3.05) is 0 Å². The average molecular weight is 311 g/mol. The number of rotatable bonds is 3. The number of carboxylic acid groups (broad SMARTS) is 1. The number of hydrogen-bond donors (Lipinski definition) is 2. The minimum Gasteiger partial charge on any atom is -0.478 e. The number of carboxylic acids is 1. The monoisotopic (exact) mass is 310 g/mol. The first-order valence-electron chi connectivity index (χ1n) is 4.83. The summed E-state index contributed by atoms with van der Waals surface area (Å²) >= 11 is 3.02. The molecule has 0 bridgehead atoms. The molecule has 0 atom stereocenters. The van der Waals surface area contributed by atoms with Crippen molar-refractivity contribution in [1.29, 1.82) is 0 Å². The summed E-state index contributed by atoms with van der Waals surface area (Å²) in [7, 11) is 0. The Bertz CT molecular complexity index is 653. The molecular weight excluding hydrogens is 304 g/mol. The lowest BCUT2D eigenvalue weighted by Gasteiger charge is -2.07. The Balaban J connectivity index is 2.43. The van der Waals surface area contributed by atoms with E-state index in [2.05, 4.69) is 25.9 Å². The number of halogens is 1. The Hall–Kier alpha value is -2.15. The van der Waals surface area contributed by atoms with Crippen LogP contribution in [-0.4, -0.2) is 21.0 Å². The standard InChI is InChI=1S/C11H7BrN2O4/c12-8-9(15)13-5-14-10(8)18-7-4-2-1-3-6(7)11(16)17/h1-5H,(H,16,17)(H,13,14,15). The second kappa shape index (κ2) is 5.01. The van der Waals surface area contributed by atoms with Crippen LogP contribution in [0, 0.1) is 0 Å². The first-order valence-corrected chi connectivity index (χ1v) is 5.62. The normalized spacial score (nSPS) is 10.1. The molecule has 1 heterocycles. The molecule has 18 heavy (non-hydrogen) atoms.